The zero-order chi connectivity index (χ0) is 11.7. The average molecular weight is 230 g/mol. The Morgan fingerprint density at radius 1 is 1.12 bits per heavy atom. The molecule has 3 rings (SSSR count). The van der Waals surface area contributed by atoms with Crippen molar-refractivity contribution in [1.82, 2.24) is 0 Å². The molecule has 92 valence electrons. The summed E-state index contributed by atoms with van der Waals surface area (Å²) in [6.45, 7) is 0. The summed E-state index contributed by atoms with van der Waals surface area (Å²) in [6.07, 6.45) is 7.75. The highest BCUT2D eigenvalue weighted by molar-refractivity contribution is 5.17. The fourth-order valence-electron chi connectivity index (χ4n) is 3.94. The summed E-state index contributed by atoms with van der Waals surface area (Å²) < 4.78 is 0. The average Bonchev–Trinajstić information content (AvgIpc) is 2.99. The highest BCUT2D eigenvalue weighted by Gasteiger charge is 2.39. The molecular weight excluding hydrogens is 208 g/mol. The lowest BCUT2D eigenvalue weighted by Gasteiger charge is -2.22. The second-order valence-corrected chi connectivity index (χ2v) is 5.94. The van der Waals surface area contributed by atoms with E-state index in [2.05, 4.69) is 0 Å². The fraction of sp³-hybridized carbons (Fsp3) is 0.625. The molecule has 2 aliphatic rings. The normalized spacial score (nSPS) is 32.9. The molecule has 1 aromatic rings. The highest BCUT2D eigenvalue weighted by atomic mass is 16.3. The van der Waals surface area contributed by atoms with Crippen molar-refractivity contribution in [2.24, 2.45) is 17.8 Å². The first kappa shape index (κ1) is 11.3. The zero-order valence-corrected chi connectivity index (χ0v) is 10.4. The van der Waals surface area contributed by atoms with Gasteiger partial charge in [-0.2, -0.15) is 0 Å². The molecule has 0 spiro atoms. The molecule has 0 heterocycles. The zero-order valence-electron chi connectivity index (χ0n) is 10.4. The second-order valence-electron chi connectivity index (χ2n) is 5.94. The van der Waals surface area contributed by atoms with Gasteiger partial charge < -0.3 is 5.11 Å². The van der Waals surface area contributed by atoms with E-state index in [4.69, 9.17) is 0 Å². The van der Waals surface area contributed by atoms with Gasteiger partial charge in [-0.25, -0.2) is 0 Å². The Balaban J connectivity index is 1.51. The van der Waals surface area contributed by atoms with Gasteiger partial charge in [0.25, 0.3) is 0 Å². The van der Waals surface area contributed by atoms with E-state index in [1.165, 1.54) is 32.1 Å². The van der Waals surface area contributed by atoms with Crippen molar-refractivity contribution in [3.8, 4) is 0 Å². The largest absolute Gasteiger partial charge is 0.388 e. The molecule has 4 unspecified atom stereocenters. The first-order chi connectivity index (χ1) is 8.33. The molecule has 0 aromatic heterocycles. The van der Waals surface area contributed by atoms with Crippen LogP contribution in [0, 0.1) is 17.8 Å². The monoisotopic (exact) mass is 230 g/mol. The van der Waals surface area contributed by atoms with E-state index in [1.807, 2.05) is 30.3 Å². The van der Waals surface area contributed by atoms with Crippen LogP contribution in [0.15, 0.2) is 30.3 Å². The van der Waals surface area contributed by atoms with Crippen molar-refractivity contribution in [3.05, 3.63) is 35.9 Å². The van der Waals surface area contributed by atoms with Crippen LogP contribution < -0.4 is 0 Å². The van der Waals surface area contributed by atoms with Crippen LogP contribution in [0.4, 0.5) is 0 Å². The minimum Gasteiger partial charge on any atom is -0.388 e. The van der Waals surface area contributed by atoms with Crippen LogP contribution in [0.2, 0.25) is 0 Å². The van der Waals surface area contributed by atoms with Crippen molar-refractivity contribution >= 4 is 0 Å². The van der Waals surface area contributed by atoms with E-state index < -0.39 is 0 Å². The van der Waals surface area contributed by atoms with Gasteiger partial charge in [0.1, 0.15) is 0 Å². The van der Waals surface area contributed by atoms with Crippen LogP contribution in [0.5, 0.6) is 0 Å². The van der Waals surface area contributed by atoms with Crippen LogP contribution in [-0.4, -0.2) is 5.11 Å². The summed E-state index contributed by atoms with van der Waals surface area (Å²) in [6, 6.07) is 10.1. The number of hydrogen-bond donors (Lipinski definition) is 1. The number of aliphatic hydroxyl groups is 1. The van der Waals surface area contributed by atoms with Crippen molar-refractivity contribution in [3.63, 3.8) is 0 Å². The lowest BCUT2D eigenvalue weighted by Crippen LogP contribution is -2.11. The molecule has 2 saturated carbocycles. The first-order valence-electron chi connectivity index (χ1n) is 7.06. The van der Waals surface area contributed by atoms with Gasteiger partial charge in [-0.05, 0) is 55.4 Å². The summed E-state index contributed by atoms with van der Waals surface area (Å²) in [4.78, 5) is 0. The third kappa shape index (κ3) is 2.40. The number of benzene rings is 1. The predicted octanol–water partition coefficient (Wildman–Crippen LogP) is 3.94. The maximum atomic E-state index is 10.2. The molecule has 1 N–H and O–H groups in total. The fourth-order valence-corrected chi connectivity index (χ4v) is 3.94. The Kier molecular flexibility index (Phi) is 3.19. The quantitative estimate of drug-likeness (QED) is 0.830. The smallest absolute Gasteiger partial charge is 0.0790 e. The molecular formula is C16H22O. The Labute approximate surface area is 104 Å². The van der Waals surface area contributed by atoms with Crippen LogP contribution in [-0.2, 0) is 0 Å². The number of hydrogen-bond acceptors (Lipinski definition) is 1. The third-order valence-electron chi connectivity index (χ3n) is 4.88. The van der Waals surface area contributed by atoms with E-state index >= 15 is 0 Å². The summed E-state index contributed by atoms with van der Waals surface area (Å²) in [5.41, 5.74) is 1.08. The lowest BCUT2D eigenvalue weighted by atomic mass is 9.84. The van der Waals surface area contributed by atoms with Gasteiger partial charge >= 0.3 is 0 Å². The van der Waals surface area contributed by atoms with Crippen molar-refractivity contribution < 1.29 is 5.11 Å². The SMILES string of the molecule is OC(CCC1CC2CCC1C2)c1ccccc1. The van der Waals surface area contributed by atoms with Crippen LogP contribution in [0.25, 0.3) is 0 Å². The maximum absolute atomic E-state index is 10.2. The Morgan fingerprint density at radius 3 is 2.59 bits per heavy atom. The van der Waals surface area contributed by atoms with Gasteiger partial charge in [-0.3, -0.25) is 0 Å². The number of aliphatic hydroxyl groups excluding tert-OH is 1. The van der Waals surface area contributed by atoms with E-state index in [0.717, 1.165) is 29.7 Å². The second kappa shape index (κ2) is 4.81. The topological polar surface area (TPSA) is 20.2 Å². The Morgan fingerprint density at radius 2 is 1.94 bits per heavy atom. The first-order valence-corrected chi connectivity index (χ1v) is 7.06. The molecule has 1 heteroatoms. The molecule has 0 aliphatic heterocycles. The Bertz CT molecular complexity index is 359. The van der Waals surface area contributed by atoms with E-state index in [9.17, 15) is 5.11 Å². The molecule has 1 aromatic carbocycles. The molecule has 2 bridgehead atoms. The highest BCUT2D eigenvalue weighted by Crippen LogP contribution is 2.50. The Hall–Kier alpha value is -0.820. The molecule has 2 aliphatic carbocycles. The summed E-state index contributed by atoms with van der Waals surface area (Å²) >= 11 is 0. The van der Waals surface area contributed by atoms with Crippen molar-refractivity contribution in [2.75, 3.05) is 0 Å². The van der Waals surface area contributed by atoms with Crippen molar-refractivity contribution in [1.29, 1.82) is 0 Å². The summed E-state index contributed by atoms with van der Waals surface area (Å²) in [7, 11) is 0. The molecule has 0 amide bonds. The van der Waals surface area contributed by atoms with Gasteiger partial charge in [0.15, 0.2) is 0 Å². The molecule has 1 nitrogen and oxygen atoms in total. The van der Waals surface area contributed by atoms with Gasteiger partial charge in [-0.15, -0.1) is 0 Å². The third-order valence-corrected chi connectivity index (χ3v) is 4.88. The minimum atomic E-state index is -0.254. The van der Waals surface area contributed by atoms with Gasteiger partial charge in [0.2, 0.25) is 0 Å². The van der Waals surface area contributed by atoms with Crippen LogP contribution in [0.1, 0.15) is 50.2 Å². The summed E-state index contributed by atoms with van der Waals surface area (Å²) in [5.74, 6) is 2.92. The van der Waals surface area contributed by atoms with Crippen molar-refractivity contribution in [2.45, 2.75) is 44.6 Å². The standard InChI is InChI=1S/C16H22O/c17-16(13-4-2-1-3-5-13)9-8-15-11-12-6-7-14(15)10-12/h1-5,12,14-17H,6-11H2. The van der Waals surface area contributed by atoms with E-state index in [1.54, 1.807) is 0 Å². The molecule has 17 heavy (non-hydrogen) atoms. The lowest BCUT2D eigenvalue weighted by molar-refractivity contribution is 0.148. The van der Waals surface area contributed by atoms with E-state index in [0.29, 0.717) is 0 Å². The van der Waals surface area contributed by atoms with Gasteiger partial charge in [-0.1, -0.05) is 36.8 Å². The van der Waals surface area contributed by atoms with E-state index in [-0.39, 0.29) is 6.10 Å². The van der Waals surface area contributed by atoms with Crippen LogP contribution >= 0.6 is 0 Å². The maximum Gasteiger partial charge on any atom is 0.0790 e. The van der Waals surface area contributed by atoms with Gasteiger partial charge in [0.05, 0.1) is 6.10 Å². The van der Waals surface area contributed by atoms with Crippen LogP contribution in [0.3, 0.4) is 0 Å². The minimum absolute atomic E-state index is 0.254. The molecule has 4 atom stereocenters. The molecule has 0 radical (unpaired) electrons. The predicted molar refractivity (Wildman–Crippen MR) is 69.6 cm³/mol. The summed E-state index contributed by atoms with van der Waals surface area (Å²) in [5, 5.41) is 10.2. The molecule has 2 fully saturated rings. The van der Waals surface area contributed by atoms with Gasteiger partial charge in [0, 0.05) is 0 Å². The number of rotatable bonds is 4. The molecule has 0 saturated heterocycles. The number of fused-ring (bicyclic) bond motifs is 2.